The summed E-state index contributed by atoms with van der Waals surface area (Å²) in [6, 6.07) is 35.3. The number of fused-ring (bicyclic) bond motifs is 3. The molecular formula is C43H41IrN3O-2. The first-order chi connectivity index (χ1) is 22.7. The van der Waals surface area contributed by atoms with E-state index in [2.05, 4.69) is 107 Å². The fourth-order valence-corrected chi connectivity index (χ4v) is 6.29. The molecule has 7 aromatic rings. The van der Waals surface area contributed by atoms with Crippen molar-refractivity contribution >= 4 is 22.1 Å². The molecule has 0 aliphatic rings. The second-order valence-electron chi connectivity index (χ2n) is 12.7. The summed E-state index contributed by atoms with van der Waals surface area (Å²) in [4.78, 5) is 14.0. The Morgan fingerprint density at radius 1 is 0.688 bits per heavy atom. The molecule has 0 spiro atoms. The molecule has 0 fully saturated rings. The number of furan rings is 1. The zero-order chi connectivity index (χ0) is 33.1. The first kappa shape index (κ1) is 34.9. The first-order valence-electron chi connectivity index (χ1n) is 16.4. The number of rotatable bonds is 6. The van der Waals surface area contributed by atoms with Gasteiger partial charge in [0.25, 0.3) is 0 Å². The Bertz CT molecular complexity index is 2140. The molecule has 4 nitrogen and oxygen atoms in total. The second kappa shape index (κ2) is 14.8. The molecule has 0 N–H and O–H groups in total. The van der Waals surface area contributed by atoms with Crippen molar-refractivity contribution in [1.82, 2.24) is 15.0 Å². The van der Waals surface area contributed by atoms with Gasteiger partial charge >= 0.3 is 0 Å². The summed E-state index contributed by atoms with van der Waals surface area (Å²) in [6.45, 7) is 15.3. The van der Waals surface area contributed by atoms with E-state index in [0.29, 0.717) is 5.71 Å². The van der Waals surface area contributed by atoms with E-state index in [1.54, 1.807) is 0 Å². The molecule has 7 rings (SSSR count). The Morgan fingerprint density at radius 3 is 2.08 bits per heavy atom. The molecule has 5 heteroatoms. The zero-order valence-electron chi connectivity index (χ0n) is 28.7. The van der Waals surface area contributed by atoms with E-state index >= 15 is 0 Å². The van der Waals surface area contributed by atoms with Crippen LogP contribution in [0.25, 0.3) is 55.8 Å². The topological polar surface area (TPSA) is 51.8 Å². The van der Waals surface area contributed by atoms with Gasteiger partial charge in [-0.2, -0.15) is 0 Å². The van der Waals surface area contributed by atoms with Crippen LogP contribution in [-0.2, 0) is 25.5 Å². The predicted octanol–water partition coefficient (Wildman–Crippen LogP) is 11.4. The van der Waals surface area contributed by atoms with Gasteiger partial charge in [0.2, 0.25) is 5.71 Å². The third-order valence-electron chi connectivity index (χ3n) is 9.50. The van der Waals surface area contributed by atoms with Gasteiger partial charge in [0.1, 0.15) is 0 Å². The molecule has 48 heavy (non-hydrogen) atoms. The summed E-state index contributed by atoms with van der Waals surface area (Å²) in [5, 5.41) is 2.06. The molecule has 0 aliphatic heterocycles. The number of hydrogen-bond donors (Lipinski definition) is 0. The summed E-state index contributed by atoms with van der Waals surface area (Å²) in [5.74, 6) is 0. The van der Waals surface area contributed by atoms with Crippen molar-refractivity contribution in [3.63, 3.8) is 0 Å². The van der Waals surface area contributed by atoms with Crippen LogP contribution < -0.4 is 0 Å². The Hall–Kier alpha value is -4.44. The molecule has 0 saturated carbocycles. The Kier molecular flexibility index (Phi) is 10.7. The van der Waals surface area contributed by atoms with E-state index < -0.39 is 0 Å². The molecule has 1 radical (unpaired) electrons. The van der Waals surface area contributed by atoms with E-state index in [0.717, 1.165) is 57.4 Å². The fraction of sp³-hybridized carbons (Fsp3) is 0.233. The molecule has 0 amide bonds. The number of aryl methyl sites for hydroxylation is 4. The molecule has 0 aliphatic carbocycles. The number of pyridine rings is 3. The standard InChI is InChI=1S/C31H31N2O.C12H10N.Ir/c1-7-31(6,8-2)25-17-27(32-18-21(25)5)24-14-10-13-22-23-15-16-26(33-30(23)34-29(22)24)28-19(3)11-9-12-20(28)4;1-10-7-8-12(13-9-10)11-5-3-2-4-6-11;/h9-13,15-18H,7-8H2,1-6H3;2-5,7-9H,1H3;/q2*-1;. The van der Waals surface area contributed by atoms with Crippen LogP contribution in [0, 0.1) is 39.8 Å². The maximum absolute atomic E-state index is 6.41. The molecule has 3 aromatic carbocycles. The van der Waals surface area contributed by atoms with Crippen molar-refractivity contribution < 1.29 is 24.5 Å². The van der Waals surface area contributed by atoms with Gasteiger partial charge in [0.15, 0.2) is 0 Å². The van der Waals surface area contributed by atoms with Crippen LogP contribution in [0.2, 0.25) is 0 Å². The van der Waals surface area contributed by atoms with E-state index in [9.17, 15) is 0 Å². The molecule has 0 bridgehead atoms. The monoisotopic (exact) mass is 808 g/mol. The Labute approximate surface area is 298 Å². The maximum atomic E-state index is 6.41. The predicted molar refractivity (Wildman–Crippen MR) is 194 cm³/mol. The molecule has 0 unspecified atom stereocenters. The van der Waals surface area contributed by atoms with E-state index in [-0.39, 0.29) is 25.5 Å². The quantitative estimate of drug-likeness (QED) is 0.157. The third-order valence-corrected chi connectivity index (χ3v) is 9.50. The van der Waals surface area contributed by atoms with Gasteiger partial charge in [0.05, 0.1) is 11.3 Å². The molecule has 0 saturated heterocycles. The fourth-order valence-electron chi connectivity index (χ4n) is 6.29. The van der Waals surface area contributed by atoms with E-state index in [1.165, 1.54) is 33.4 Å². The van der Waals surface area contributed by atoms with Crippen molar-refractivity contribution in [1.29, 1.82) is 0 Å². The number of aromatic nitrogens is 3. The molecule has 0 atom stereocenters. The maximum Gasteiger partial charge on any atom is 0.216 e. The van der Waals surface area contributed by atoms with E-state index in [1.807, 2.05) is 55.7 Å². The number of hydrogen-bond acceptors (Lipinski definition) is 4. The van der Waals surface area contributed by atoms with Gasteiger partial charge < -0.3 is 14.4 Å². The van der Waals surface area contributed by atoms with Crippen LogP contribution in [0.3, 0.4) is 0 Å². The summed E-state index contributed by atoms with van der Waals surface area (Å²) < 4.78 is 6.41. The van der Waals surface area contributed by atoms with Crippen molar-refractivity contribution in [2.45, 2.75) is 66.7 Å². The van der Waals surface area contributed by atoms with E-state index in [4.69, 9.17) is 14.4 Å². The van der Waals surface area contributed by atoms with Gasteiger partial charge in [-0.15, -0.1) is 54.1 Å². The van der Waals surface area contributed by atoms with Gasteiger partial charge in [-0.25, -0.2) is 4.98 Å². The average molecular weight is 808 g/mol. The number of nitrogens with zero attached hydrogens (tertiary/aromatic N) is 3. The number of benzene rings is 3. The van der Waals surface area contributed by atoms with Crippen molar-refractivity contribution in [2.75, 3.05) is 0 Å². The van der Waals surface area contributed by atoms with Crippen molar-refractivity contribution in [3.05, 3.63) is 137 Å². The minimum atomic E-state index is 0. The summed E-state index contributed by atoms with van der Waals surface area (Å²) in [5.41, 5.74) is 13.6. The van der Waals surface area contributed by atoms with Gasteiger partial charge in [-0.1, -0.05) is 68.1 Å². The summed E-state index contributed by atoms with van der Waals surface area (Å²) in [7, 11) is 0. The molecular weight excluding hydrogens is 767 g/mol. The molecule has 245 valence electrons. The smallest absolute Gasteiger partial charge is 0.216 e. The third kappa shape index (κ3) is 6.90. The second-order valence-corrected chi connectivity index (χ2v) is 12.7. The minimum absolute atomic E-state index is 0. The van der Waals surface area contributed by atoms with Crippen molar-refractivity contribution in [2.24, 2.45) is 0 Å². The Balaban J connectivity index is 0.000000270. The normalized spacial score (nSPS) is 11.2. The van der Waals surface area contributed by atoms with Crippen LogP contribution in [0.5, 0.6) is 0 Å². The Morgan fingerprint density at radius 2 is 1.42 bits per heavy atom. The van der Waals surface area contributed by atoms with Crippen molar-refractivity contribution in [3.8, 4) is 33.8 Å². The largest absolute Gasteiger partial charge is 0.486 e. The van der Waals surface area contributed by atoms with Gasteiger partial charge in [-0.3, -0.25) is 0 Å². The molecule has 4 aromatic heterocycles. The van der Waals surface area contributed by atoms with Crippen LogP contribution in [-0.4, -0.2) is 15.0 Å². The first-order valence-corrected chi connectivity index (χ1v) is 16.4. The summed E-state index contributed by atoms with van der Waals surface area (Å²) in [6.07, 6.45) is 6.02. The summed E-state index contributed by atoms with van der Waals surface area (Å²) >= 11 is 0. The van der Waals surface area contributed by atoms with Crippen LogP contribution in [0.4, 0.5) is 0 Å². The van der Waals surface area contributed by atoms with Crippen LogP contribution in [0.15, 0.2) is 102 Å². The SMILES string of the molecule is CCC(C)(CC)c1cc(-c2[c-]ccc3c2oc2nc(-c4c(C)cccc4C)ccc23)ncc1C.Cc1ccc(-c2[c-]cccc2)nc1.[Ir]. The van der Waals surface area contributed by atoms with Gasteiger partial charge in [-0.05, 0) is 97.3 Å². The van der Waals surface area contributed by atoms with Crippen LogP contribution in [0.1, 0.15) is 61.4 Å². The van der Waals surface area contributed by atoms with Crippen LogP contribution >= 0.6 is 0 Å². The average Bonchev–Trinajstić information content (AvgIpc) is 3.47. The zero-order valence-corrected chi connectivity index (χ0v) is 31.1. The molecule has 4 heterocycles. The minimum Gasteiger partial charge on any atom is -0.486 e. The van der Waals surface area contributed by atoms with Gasteiger partial charge in [0, 0.05) is 43.4 Å².